The highest BCUT2D eigenvalue weighted by Crippen LogP contribution is 2.40. The van der Waals surface area contributed by atoms with E-state index >= 15 is 0 Å². The third-order valence-corrected chi connectivity index (χ3v) is 10.1. The summed E-state index contributed by atoms with van der Waals surface area (Å²) in [5, 5.41) is 4.55. The topological polar surface area (TPSA) is 38.9 Å². The lowest BCUT2D eigenvalue weighted by Crippen LogP contribution is -1.97. The van der Waals surface area contributed by atoms with Crippen molar-refractivity contribution in [2.24, 2.45) is 0 Å². The van der Waals surface area contributed by atoms with Gasteiger partial charge < -0.3 is 4.42 Å². The summed E-state index contributed by atoms with van der Waals surface area (Å²) in [7, 11) is 0. The zero-order valence-corrected chi connectivity index (χ0v) is 28.8. The Labute approximate surface area is 307 Å². The van der Waals surface area contributed by atoms with Gasteiger partial charge in [-0.15, -0.1) is 0 Å². The van der Waals surface area contributed by atoms with Crippen LogP contribution in [-0.2, 0) is 0 Å². The molecule has 0 fully saturated rings. The molecule has 0 radical (unpaired) electrons. The van der Waals surface area contributed by atoms with E-state index in [1.165, 1.54) is 10.9 Å². The van der Waals surface area contributed by atoms with Gasteiger partial charge in [0.05, 0.1) is 11.4 Å². The van der Waals surface area contributed by atoms with Crippen LogP contribution in [0.1, 0.15) is 0 Å². The van der Waals surface area contributed by atoms with Crippen molar-refractivity contribution in [3.63, 3.8) is 0 Å². The van der Waals surface area contributed by atoms with Crippen LogP contribution >= 0.6 is 0 Å². The molecule has 10 rings (SSSR count). The summed E-state index contributed by atoms with van der Waals surface area (Å²) < 4.78 is 6.54. The van der Waals surface area contributed by atoms with Gasteiger partial charge in [-0.1, -0.05) is 152 Å². The van der Waals surface area contributed by atoms with Crippen molar-refractivity contribution in [3.05, 3.63) is 194 Å². The number of hydrogen-bond acceptors (Lipinski definition) is 3. The standard InChI is InChI=1S/C50H32N2O/c1-3-13-33(14-4-1)37-19-11-20-38(27-37)46-32-47(52-50(51-46)39-26-25-35-17-7-8-18-36(35)28-39)42-30-40(34-15-5-2-6-16-34)29-41(31-42)43-22-12-23-45-44-21-9-10-24-48(44)53-49(43)45/h1-32H. The molecule has 0 N–H and O–H groups in total. The van der Waals surface area contributed by atoms with Crippen LogP contribution in [0.15, 0.2) is 199 Å². The zero-order valence-electron chi connectivity index (χ0n) is 28.8. The van der Waals surface area contributed by atoms with Crippen LogP contribution in [0.5, 0.6) is 0 Å². The molecule has 0 aliphatic heterocycles. The third kappa shape index (κ3) is 5.75. The molecule has 53 heavy (non-hydrogen) atoms. The highest BCUT2D eigenvalue weighted by atomic mass is 16.3. The van der Waals surface area contributed by atoms with Crippen LogP contribution in [0.3, 0.4) is 0 Å². The SMILES string of the molecule is c1ccc(-c2cccc(-c3cc(-c4cc(-c5ccccc5)cc(-c5cccc6c5oc5ccccc56)c4)nc(-c4ccc5ccccc5c4)n3)c2)cc1. The molecular weight excluding hydrogens is 645 g/mol. The average Bonchev–Trinajstić information content (AvgIpc) is 3.63. The first kappa shape index (κ1) is 30.7. The van der Waals surface area contributed by atoms with Crippen LogP contribution < -0.4 is 0 Å². The number of fused-ring (bicyclic) bond motifs is 4. The van der Waals surface area contributed by atoms with Crippen LogP contribution in [0.2, 0.25) is 0 Å². The predicted molar refractivity (Wildman–Crippen MR) is 219 cm³/mol. The molecule has 0 bridgehead atoms. The Morgan fingerprint density at radius 2 is 0.906 bits per heavy atom. The molecule has 248 valence electrons. The maximum atomic E-state index is 6.54. The Morgan fingerprint density at radius 3 is 1.74 bits per heavy atom. The maximum Gasteiger partial charge on any atom is 0.160 e. The first-order valence-corrected chi connectivity index (χ1v) is 17.9. The highest BCUT2D eigenvalue weighted by molar-refractivity contribution is 6.09. The van der Waals surface area contributed by atoms with E-state index in [1.807, 2.05) is 18.2 Å². The van der Waals surface area contributed by atoms with Gasteiger partial charge in [0.2, 0.25) is 0 Å². The molecule has 0 saturated carbocycles. The number of nitrogens with zero attached hydrogens (tertiary/aromatic N) is 2. The van der Waals surface area contributed by atoms with Crippen LogP contribution in [0.4, 0.5) is 0 Å². The molecule has 0 aliphatic rings. The van der Waals surface area contributed by atoms with Gasteiger partial charge in [-0.3, -0.25) is 0 Å². The molecule has 0 amide bonds. The van der Waals surface area contributed by atoms with E-state index in [4.69, 9.17) is 14.4 Å². The fourth-order valence-corrected chi connectivity index (χ4v) is 7.39. The Balaban J connectivity index is 1.21. The lowest BCUT2D eigenvalue weighted by atomic mass is 9.93. The van der Waals surface area contributed by atoms with Crippen molar-refractivity contribution < 1.29 is 4.42 Å². The summed E-state index contributed by atoms with van der Waals surface area (Å²) in [6.07, 6.45) is 0. The van der Waals surface area contributed by atoms with Crippen molar-refractivity contribution in [1.29, 1.82) is 0 Å². The lowest BCUT2D eigenvalue weighted by molar-refractivity contribution is 0.670. The second kappa shape index (κ2) is 12.9. The second-order valence-electron chi connectivity index (χ2n) is 13.4. The maximum absolute atomic E-state index is 6.54. The van der Waals surface area contributed by atoms with Gasteiger partial charge in [0.15, 0.2) is 5.82 Å². The Bertz CT molecular complexity index is 2950. The minimum Gasteiger partial charge on any atom is -0.455 e. The van der Waals surface area contributed by atoms with E-state index in [0.717, 1.165) is 83.2 Å². The third-order valence-electron chi connectivity index (χ3n) is 10.1. The van der Waals surface area contributed by atoms with E-state index in [0.29, 0.717) is 5.82 Å². The monoisotopic (exact) mass is 676 g/mol. The largest absolute Gasteiger partial charge is 0.455 e. The van der Waals surface area contributed by atoms with E-state index in [-0.39, 0.29) is 0 Å². The minimum absolute atomic E-state index is 0.680. The molecule has 2 aromatic heterocycles. The summed E-state index contributed by atoms with van der Waals surface area (Å²) >= 11 is 0. The average molecular weight is 677 g/mol. The molecule has 3 heteroatoms. The Morgan fingerprint density at radius 1 is 0.321 bits per heavy atom. The van der Waals surface area contributed by atoms with Gasteiger partial charge in [-0.2, -0.15) is 0 Å². The van der Waals surface area contributed by atoms with Gasteiger partial charge in [0.1, 0.15) is 11.2 Å². The van der Waals surface area contributed by atoms with Gasteiger partial charge in [0.25, 0.3) is 0 Å². The first-order chi connectivity index (χ1) is 26.2. The van der Waals surface area contributed by atoms with Crippen LogP contribution in [0.25, 0.3) is 100.0 Å². The quantitative estimate of drug-likeness (QED) is 0.176. The van der Waals surface area contributed by atoms with E-state index < -0.39 is 0 Å². The van der Waals surface area contributed by atoms with Crippen LogP contribution in [-0.4, -0.2) is 9.97 Å². The second-order valence-corrected chi connectivity index (χ2v) is 13.4. The molecule has 0 unspecified atom stereocenters. The molecule has 2 heterocycles. The summed E-state index contributed by atoms with van der Waals surface area (Å²) in [5.74, 6) is 0.680. The van der Waals surface area contributed by atoms with Crippen molar-refractivity contribution >= 4 is 32.7 Å². The highest BCUT2D eigenvalue weighted by Gasteiger charge is 2.17. The first-order valence-electron chi connectivity index (χ1n) is 17.9. The number of hydrogen-bond donors (Lipinski definition) is 0. The number of para-hydroxylation sites is 2. The lowest BCUT2D eigenvalue weighted by Gasteiger charge is -2.14. The fourth-order valence-electron chi connectivity index (χ4n) is 7.39. The van der Waals surface area contributed by atoms with Crippen molar-refractivity contribution in [2.45, 2.75) is 0 Å². The predicted octanol–water partition coefficient (Wildman–Crippen LogP) is 13.5. The summed E-state index contributed by atoms with van der Waals surface area (Å²) in [6, 6.07) is 68.1. The van der Waals surface area contributed by atoms with E-state index in [9.17, 15) is 0 Å². The van der Waals surface area contributed by atoms with Crippen molar-refractivity contribution in [2.75, 3.05) is 0 Å². The Hall–Kier alpha value is -7.10. The smallest absolute Gasteiger partial charge is 0.160 e. The molecule has 0 atom stereocenters. The molecule has 0 saturated heterocycles. The van der Waals surface area contributed by atoms with Crippen LogP contribution in [0, 0.1) is 0 Å². The van der Waals surface area contributed by atoms with Crippen molar-refractivity contribution in [3.8, 4) is 67.3 Å². The summed E-state index contributed by atoms with van der Waals surface area (Å²) in [4.78, 5) is 10.6. The molecule has 0 aliphatic carbocycles. The van der Waals surface area contributed by atoms with E-state index in [2.05, 4.69) is 176 Å². The van der Waals surface area contributed by atoms with E-state index in [1.54, 1.807) is 0 Å². The fraction of sp³-hybridized carbons (Fsp3) is 0. The molecule has 10 aromatic rings. The molecular formula is C50H32N2O. The Kier molecular flexibility index (Phi) is 7.47. The summed E-state index contributed by atoms with van der Waals surface area (Å²) in [6.45, 7) is 0. The molecule has 3 nitrogen and oxygen atoms in total. The van der Waals surface area contributed by atoms with Gasteiger partial charge in [0, 0.05) is 33.0 Å². The van der Waals surface area contributed by atoms with Gasteiger partial charge >= 0.3 is 0 Å². The van der Waals surface area contributed by atoms with Gasteiger partial charge in [-0.05, 0) is 81.1 Å². The minimum atomic E-state index is 0.680. The number of furan rings is 1. The normalized spacial score (nSPS) is 11.4. The number of benzene rings is 8. The zero-order chi connectivity index (χ0) is 35.1. The molecule has 0 spiro atoms. The number of rotatable bonds is 6. The molecule has 8 aromatic carbocycles. The van der Waals surface area contributed by atoms with Crippen molar-refractivity contribution in [1.82, 2.24) is 9.97 Å². The number of aromatic nitrogens is 2. The van der Waals surface area contributed by atoms with Gasteiger partial charge in [-0.25, -0.2) is 9.97 Å². The summed E-state index contributed by atoms with van der Waals surface area (Å²) in [5.41, 5.74) is 13.1.